The number of carbonyl (C=O) groups excluding carboxylic acids is 1. The van der Waals surface area contributed by atoms with E-state index in [0.717, 1.165) is 36.5 Å². The average molecular weight is 391 g/mol. The molecule has 1 aromatic heterocycles. The summed E-state index contributed by atoms with van der Waals surface area (Å²) in [5, 5.41) is 2.85. The molecule has 0 aliphatic rings. The number of ether oxygens (including phenoxy) is 2. The van der Waals surface area contributed by atoms with Crippen molar-refractivity contribution in [2.75, 3.05) is 12.3 Å². The normalized spacial score (nSPS) is 10.4. The summed E-state index contributed by atoms with van der Waals surface area (Å²) < 4.78 is 11.6. The number of nitrogens with two attached hydrogens (primary N) is 1. The van der Waals surface area contributed by atoms with Crippen molar-refractivity contribution in [3.8, 4) is 17.2 Å². The number of hydrogen-bond acceptors (Lipinski definition) is 5. The summed E-state index contributed by atoms with van der Waals surface area (Å²) in [4.78, 5) is 16.2. The van der Waals surface area contributed by atoms with Crippen LogP contribution in [0.4, 0.5) is 5.82 Å². The number of nitrogens with one attached hydrogen (secondary N) is 1. The van der Waals surface area contributed by atoms with Gasteiger partial charge in [-0.05, 0) is 60.5 Å². The van der Waals surface area contributed by atoms with Gasteiger partial charge in [-0.1, -0.05) is 25.5 Å². The van der Waals surface area contributed by atoms with Crippen LogP contribution >= 0.6 is 0 Å². The number of rotatable bonds is 9. The lowest BCUT2D eigenvalue weighted by Gasteiger charge is -2.10. The number of nitrogens with zero attached hydrogens (tertiary/aromatic N) is 1. The van der Waals surface area contributed by atoms with Crippen molar-refractivity contribution in [2.24, 2.45) is 0 Å². The van der Waals surface area contributed by atoms with E-state index in [9.17, 15) is 4.79 Å². The lowest BCUT2D eigenvalue weighted by atomic mass is 10.2. The van der Waals surface area contributed by atoms with Gasteiger partial charge >= 0.3 is 0 Å². The average Bonchev–Trinajstić information content (AvgIpc) is 2.74. The Hall–Kier alpha value is -3.54. The standard InChI is InChI=1S/C23H25N3O3/c1-2-3-14-28-18-9-11-19(12-10-18)29-20-7-4-6-17(15-20)16-26-23(27)21-8-5-13-25-22(21)24/h4-13,15H,2-3,14,16H2,1H3,(H2,24,25)(H,26,27). The zero-order chi connectivity index (χ0) is 20.5. The highest BCUT2D eigenvalue weighted by molar-refractivity contribution is 5.98. The lowest BCUT2D eigenvalue weighted by molar-refractivity contribution is 0.0951. The fourth-order valence-corrected chi connectivity index (χ4v) is 2.68. The number of pyridine rings is 1. The number of benzene rings is 2. The Morgan fingerprint density at radius 3 is 2.59 bits per heavy atom. The summed E-state index contributed by atoms with van der Waals surface area (Å²) in [6.45, 7) is 3.21. The zero-order valence-electron chi connectivity index (χ0n) is 16.4. The Morgan fingerprint density at radius 2 is 1.83 bits per heavy atom. The van der Waals surface area contributed by atoms with Crippen molar-refractivity contribution in [3.05, 3.63) is 78.0 Å². The number of anilines is 1. The Bertz CT molecular complexity index is 942. The van der Waals surface area contributed by atoms with Gasteiger partial charge in [0.1, 0.15) is 23.1 Å². The first-order valence-electron chi connectivity index (χ1n) is 9.64. The van der Waals surface area contributed by atoms with E-state index in [0.29, 0.717) is 17.9 Å². The molecule has 0 bridgehead atoms. The van der Waals surface area contributed by atoms with Gasteiger partial charge in [-0.15, -0.1) is 0 Å². The first-order valence-corrected chi connectivity index (χ1v) is 9.64. The summed E-state index contributed by atoms with van der Waals surface area (Å²) in [7, 11) is 0. The van der Waals surface area contributed by atoms with E-state index >= 15 is 0 Å². The third kappa shape index (κ3) is 5.97. The molecule has 1 amide bonds. The van der Waals surface area contributed by atoms with Crippen molar-refractivity contribution in [1.82, 2.24) is 10.3 Å². The highest BCUT2D eigenvalue weighted by atomic mass is 16.5. The molecule has 2 aromatic carbocycles. The number of carbonyl (C=O) groups is 1. The second kappa shape index (κ2) is 10.1. The van der Waals surface area contributed by atoms with Gasteiger partial charge in [-0.2, -0.15) is 0 Å². The van der Waals surface area contributed by atoms with Crippen molar-refractivity contribution >= 4 is 11.7 Å². The van der Waals surface area contributed by atoms with Crippen LogP contribution in [-0.4, -0.2) is 17.5 Å². The van der Waals surface area contributed by atoms with Gasteiger partial charge in [-0.3, -0.25) is 4.79 Å². The second-order valence-corrected chi connectivity index (χ2v) is 6.54. The van der Waals surface area contributed by atoms with Crippen LogP contribution in [0.3, 0.4) is 0 Å². The van der Waals surface area contributed by atoms with Crippen LogP contribution in [0.15, 0.2) is 66.9 Å². The summed E-state index contributed by atoms with van der Waals surface area (Å²) in [6, 6.07) is 18.4. The second-order valence-electron chi connectivity index (χ2n) is 6.54. The molecule has 0 saturated heterocycles. The predicted octanol–water partition coefficient (Wildman–Crippen LogP) is 4.57. The predicted molar refractivity (Wildman–Crippen MR) is 113 cm³/mol. The van der Waals surface area contributed by atoms with E-state index in [2.05, 4.69) is 17.2 Å². The summed E-state index contributed by atoms with van der Waals surface area (Å²) in [5.41, 5.74) is 7.02. The monoisotopic (exact) mass is 391 g/mol. The molecule has 0 fully saturated rings. The van der Waals surface area contributed by atoms with Crippen LogP contribution in [-0.2, 0) is 6.54 Å². The van der Waals surface area contributed by atoms with Crippen LogP contribution in [0.5, 0.6) is 17.2 Å². The van der Waals surface area contributed by atoms with Crippen molar-refractivity contribution in [1.29, 1.82) is 0 Å². The first-order chi connectivity index (χ1) is 14.2. The maximum atomic E-state index is 12.3. The van der Waals surface area contributed by atoms with E-state index in [1.54, 1.807) is 18.3 Å². The molecule has 0 saturated carbocycles. The van der Waals surface area contributed by atoms with Crippen molar-refractivity contribution in [2.45, 2.75) is 26.3 Å². The van der Waals surface area contributed by atoms with Gasteiger partial charge in [0.2, 0.25) is 0 Å². The maximum Gasteiger partial charge on any atom is 0.255 e. The van der Waals surface area contributed by atoms with Gasteiger partial charge in [0.25, 0.3) is 5.91 Å². The fraction of sp³-hybridized carbons (Fsp3) is 0.217. The quantitative estimate of drug-likeness (QED) is 0.522. The number of hydrogen-bond donors (Lipinski definition) is 2. The first kappa shape index (κ1) is 20.2. The molecule has 0 aliphatic heterocycles. The highest BCUT2D eigenvalue weighted by Crippen LogP contribution is 2.24. The summed E-state index contributed by atoms with van der Waals surface area (Å²) in [6.07, 6.45) is 3.69. The molecular formula is C23H25N3O3. The fourth-order valence-electron chi connectivity index (χ4n) is 2.68. The van der Waals surface area contributed by atoms with E-state index in [-0.39, 0.29) is 11.7 Å². The molecular weight excluding hydrogens is 366 g/mol. The van der Waals surface area contributed by atoms with E-state index in [1.807, 2.05) is 48.5 Å². The summed E-state index contributed by atoms with van der Waals surface area (Å²) in [5.74, 6) is 2.19. The van der Waals surface area contributed by atoms with Crippen LogP contribution in [0.25, 0.3) is 0 Å². The molecule has 0 aliphatic carbocycles. The minimum absolute atomic E-state index is 0.212. The van der Waals surface area contributed by atoms with Crippen LogP contribution < -0.4 is 20.5 Å². The zero-order valence-corrected chi connectivity index (χ0v) is 16.4. The Balaban J connectivity index is 1.57. The molecule has 3 N–H and O–H groups in total. The molecule has 6 nitrogen and oxygen atoms in total. The number of unbranched alkanes of at least 4 members (excludes halogenated alkanes) is 1. The molecule has 6 heteroatoms. The molecule has 150 valence electrons. The largest absolute Gasteiger partial charge is 0.494 e. The minimum atomic E-state index is -0.263. The van der Waals surface area contributed by atoms with Crippen LogP contribution in [0.2, 0.25) is 0 Å². The third-order valence-electron chi connectivity index (χ3n) is 4.26. The molecule has 29 heavy (non-hydrogen) atoms. The van der Waals surface area contributed by atoms with Gasteiger partial charge in [0.05, 0.1) is 12.2 Å². The lowest BCUT2D eigenvalue weighted by Crippen LogP contribution is -2.24. The Morgan fingerprint density at radius 1 is 1.03 bits per heavy atom. The summed E-state index contributed by atoms with van der Waals surface area (Å²) >= 11 is 0. The topological polar surface area (TPSA) is 86.5 Å². The minimum Gasteiger partial charge on any atom is -0.494 e. The molecule has 3 aromatic rings. The Labute approximate surface area is 170 Å². The molecule has 0 spiro atoms. The maximum absolute atomic E-state index is 12.3. The molecule has 1 heterocycles. The van der Waals surface area contributed by atoms with Gasteiger partial charge < -0.3 is 20.5 Å². The SMILES string of the molecule is CCCCOc1ccc(Oc2cccc(CNC(=O)c3cccnc3N)c2)cc1. The molecule has 0 radical (unpaired) electrons. The van der Waals surface area contributed by atoms with Crippen LogP contribution in [0, 0.1) is 0 Å². The van der Waals surface area contributed by atoms with Crippen molar-refractivity contribution < 1.29 is 14.3 Å². The van der Waals surface area contributed by atoms with Gasteiger partial charge in [0, 0.05) is 12.7 Å². The van der Waals surface area contributed by atoms with Gasteiger partial charge in [-0.25, -0.2) is 4.98 Å². The third-order valence-corrected chi connectivity index (χ3v) is 4.26. The molecule has 0 atom stereocenters. The number of amides is 1. The number of nitrogen functional groups attached to an aromatic ring is 1. The number of aromatic nitrogens is 1. The smallest absolute Gasteiger partial charge is 0.255 e. The van der Waals surface area contributed by atoms with E-state index in [1.165, 1.54) is 0 Å². The van der Waals surface area contributed by atoms with Crippen molar-refractivity contribution in [3.63, 3.8) is 0 Å². The van der Waals surface area contributed by atoms with Crippen LogP contribution in [0.1, 0.15) is 35.7 Å². The Kier molecular flexibility index (Phi) is 7.05. The van der Waals surface area contributed by atoms with E-state index in [4.69, 9.17) is 15.2 Å². The molecule has 3 rings (SSSR count). The highest BCUT2D eigenvalue weighted by Gasteiger charge is 2.09. The van der Waals surface area contributed by atoms with E-state index < -0.39 is 0 Å². The molecule has 0 unspecified atom stereocenters. The van der Waals surface area contributed by atoms with Gasteiger partial charge in [0.15, 0.2) is 0 Å².